The number of sulfonamides is 1. The molecule has 0 unspecified atom stereocenters. The fourth-order valence-electron chi connectivity index (χ4n) is 3.82. The SMILES string of the molecule is COc1ccc(NC(=O)C2(c3cccc(F)c3)CCCC2)cc1S(=O)(=O)N(C)C. The van der Waals surface area contributed by atoms with Gasteiger partial charge in [0, 0.05) is 19.8 Å². The average Bonchev–Trinajstić information content (AvgIpc) is 3.19. The summed E-state index contributed by atoms with van der Waals surface area (Å²) in [6.07, 6.45) is 2.96. The zero-order valence-corrected chi connectivity index (χ0v) is 17.6. The third-order valence-corrected chi connectivity index (χ3v) is 7.29. The number of carbonyl (C=O) groups excluding carboxylic acids is 1. The third-order valence-electron chi connectivity index (χ3n) is 5.45. The first-order valence-electron chi connectivity index (χ1n) is 9.39. The maximum absolute atomic E-state index is 13.8. The molecule has 8 heteroatoms. The number of hydrogen-bond acceptors (Lipinski definition) is 4. The monoisotopic (exact) mass is 420 g/mol. The van der Waals surface area contributed by atoms with E-state index in [4.69, 9.17) is 4.74 Å². The molecule has 2 aromatic carbocycles. The van der Waals surface area contributed by atoms with Crippen molar-refractivity contribution in [3.05, 3.63) is 53.8 Å². The highest BCUT2D eigenvalue weighted by molar-refractivity contribution is 7.89. The Morgan fingerprint density at radius 2 is 1.83 bits per heavy atom. The third kappa shape index (κ3) is 4.00. The average molecular weight is 421 g/mol. The van der Waals surface area contributed by atoms with Crippen LogP contribution in [0.2, 0.25) is 0 Å². The minimum absolute atomic E-state index is 0.0333. The Hall–Kier alpha value is -2.45. The van der Waals surface area contributed by atoms with Crippen molar-refractivity contribution in [2.75, 3.05) is 26.5 Å². The molecule has 1 fully saturated rings. The summed E-state index contributed by atoms with van der Waals surface area (Å²) in [5.41, 5.74) is 0.156. The van der Waals surface area contributed by atoms with E-state index in [0.29, 0.717) is 24.1 Å². The van der Waals surface area contributed by atoms with Crippen LogP contribution in [0.1, 0.15) is 31.2 Å². The molecular weight excluding hydrogens is 395 g/mol. The summed E-state index contributed by atoms with van der Waals surface area (Å²) in [6, 6.07) is 10.6. The van der Waals surface area contributed by atoms with Gasteiger partial charge in [0.2, 0.25) is 15.9 Å². The Morgan fingerprint density at radius 1 is 1.14 bits per heavy atom. The van der Waals surface area contributed by atoms with Crippen LogP contribution in [0.5, 0.6) is 5.75 Å². The standard InChI is InChI=1S/C21H25FN2O4S/c1-24(2)29(26,27)19-14-17(9-10-18(19)28-3)23-20(25)21(11-4-5-12-21)15-7-6-8-16(22)13-15/h6-10,13-14H,4-5,11-12H2,1-3H3,(H,23,25). The molecule has 0 aromatic heterocycles. The van der Waals surface area contributed by atoms with E-state index in [1.165, 1.54) is 45.5 Å². The van der Waals surface area contributed by atoms with Crippen molar-refractivity contribution >= 4 is 21.6 Å². The number of amides is 1. The Kier molecular flexibility index (Phi) is 5.95. The molecule has 0 bridgehead atoms. The van der Waals surface area contributed by atoms with Crippen LogP contribution in [0.15, 0.2) is 47.4 Å². The number of halogens is 1. The fourth-order valence-corrected chi connectivity index (χ4v) is 4.89. The van der Waals surface area contributed by atoms with Gasteiger partial charge >= 0.3 is 0 Å². The number of nitrogens with one attached hydrogen (secondary N) is 1. The Labute approximate surface area is 170 Å². The van der Waals surface area contributed by atoms with Gasteiger partial charge in [-0.15, -0.1) is 0 Å². The zero-order valence-electron chi connectivity index (χ0n) is 16.7. The van der Waals surface area contributed by atoms with Crippen molar-refractivity contribution < 1.29 is 22.3 Å². The lowest BCUT2D eigenvalue weighted by molar-refractivity contribution is -0.121. The highest BCUT2D eigenvalue weighted by atomic mass is 32.2. The molecule has 0 heterocycles. The Bertz CT molecular complexity index is 1020. The minimum Gasteiger partial charge on any atom is -0.495 e. The molecule has 1 N–H and O–H groups in total. The quantitative estimate of drug-likeness (QED) is 0.776. The van der Waals surface area contributed by atoms with Crippen molar-refractivity contribution in [1.82, 2.24) is 4.31 Å². The molecule has 1 saturated carbocycles. The van der Waals surface area contributed by atoms with Crippen molar-refractivity contribution in [2.24, 2.45) is 0 Å². The van der Waals surface area contributed by atoms with Crippen LogP contribution in [0.25, 0.3) is 0 Å². The second-order valence-corrected chi connectivity index (χ2v) is 9.53. The van der Waals surface area contributed by atoms with Crippen molar-refractivity contribution in [3.8, 4) is 5.75 Å². The second kappa shape index (κ2) is 8.12. The van der Waals surface area contributed by atoms with Crippen LogP contribution in [-0.2, 0) is 20.2 Å². The minimum atomic E-state index is -3.76. The van der Waals surface area contributed by atoms with Gasteiger partial charge in [-0.2, -0.15) is 0 Å². The molecule has 0 atom stereocenters. The van der Waals surface area contributed by atoms with E-state index in [2.05, 4.69) is 5.32 Å². The summed E-state index contributed by atoms with van der Waals surface area (Å²) in [5.74, 6) is -0.457. The van der Waals surface area contributed by atoms with Crippen molar-refractivity contribution in [3.63, 3.8) is 0 Å². The molecule has 6 nitrogen and oxygen atoms in total. The molecule has 1 aliphatic rings. The number of rotatable bonds is 6. The summed E-state index contributed by atoms with van der Waals surface area (Å²) in [5, 5.41) is 2.85. The number of ether oxygens (including phenoxy) is 1. The van der Waals surface area contributed by atoms with Gasteiger partial charge in [0.1, 0.15) is 16.5 Å². The van der Waals surface area contributed by atoms with Crippen molar-refractivity contribution in [1.29, 1.82) is 0 Å². The van der Waals surface area contributed by atoms with Crippen LogP contribution in [-0.4, -0.2) is 39.8 Å². The first-order chi connectivity index (χ1) is 13.7. The predicted molar refractivity (Wildman–Crippen MR) is 109 cm³/mol. The number of nitrogens with zero attached hydrogens (tertiary/aromatic N) is 1. The lowest BCUT2D eigenvalue weighted by Gasteiger charge is -2.28. The Morgan fingerprint density at radius 3 is 2.41 bits per heavy atom. The number of benzene rings is 2. The lowest BCUT2D eigenvalue weighted by atomic mass is 9.78. The first kappa shape index (κ1) is 21.3. The van der Waals surface area contributed by atoms with Gasteiger partial charge in [0.25, 0.3) is 0 Å². The van der Waals surface area contributed by atoms with E-state index in [0.717, 1.165) is 17.1 Å². The Balaban J connectivity index is 1.97. The molecule has 3 rings (SSSR count). The fraction of sp³-hybridized carbons (Fsp3) is 0.381. The molecule has 156 valence electrons. The van der Waals surface area contributed by atoms with Gasteiger partial charge < -0.3 is 10.1 Å². The molecule has 0 spiro atoms. The van der Waals surface area contributed by atoms with E-state index in [1.54, 1.807) is 18.2 Å². The largest absolute Gasteiger partial charge is 0.495 e. The smallest absolute Gasteiger partial charge is 0.246 e. The molecule has 0 saturated heterocycles. The van der Waals surface area contributed by atoms with Crippen LogP contribution >= 0.6 is 0 Å². The number of hydrogen-bond donors (Lipinski definition) is 1. The summed E-state index contributed by atoms with van der Waals surface area (Å²) in [6.45, 7) is 0. The van der Waals surface area contributed by atoms with Gasteiger partial charge in [-0.3, -0.25) is 4.79 Å². The zero-order chi connectivity index (χ0) is 21.2. The number of methoxy groups -OCH3 is 1. The van der Waals surface area contributed by atoms with Crippen LogP contribution < -0.4 is 10.1 Å². The molecular formula is C21H25FN2O4S. The molecule has 1 aliphatic carbocycles. The lowest BCUT2D eigenvalue weighted by Crippen LogP contribution is -2.38. The van der Waals surface area contributed by atoms with Gasteiger partial charge in [-0.1, -0.05) is 25.0 Å². The number of carbonyl (C=O) groups is 1. The van der Waals surface area contributed by atoms with E-state index in [1.807, 2.05) is 0 Å². The van der Waals surface area contributed by atoms with Gasteiger partial charge in [-0.25, -0.2) is 17.1 Å². The molecule has 0 aliphatic heterocycles. The predicted octanol–water partition coefficient (Wildman–Crippen LogP) is 3.54. The summed E-state index contributed by atoms with van der Waals surface area (Å²) >= 11 is 0. The van der Waals surface area contributed by atoms with E-state index in [9.17, 15) is 17.6 Å². The van der Waals surface area contributed by atoms with Crippen LogP contribution in [0.4, 0.5) is 10.1 Å². The van der Waals surface area contributed by atoms with Gasteiger partial charge in [0.15, 0.2) is 0 Å². The first-order valence-corrected chi connectivity index (χ1v) is 10.8. The molecule has 29 heavy (non-hydrogen) atoms. The normalized spacial score (nSPS) is 16.0. The van der Waals surface area contributed by atoms with E-state index in [-0.39, 0.29) is 22.4 Å². The topological polar surface area (TPSA) is 75.7 Å². The maximum Gasteiger partial charge on any atom is 0.246 e. The molecule has 1 amide bonds. The molecule has 2 aromatic rings. The van der Waals surface area contributed by atoms with Gasteiger partial charge in [-0.05, 0) is 48.7 Å². The second-order valence-electron chi connectivity index (χ2n) is 7.41. The summed E-state index contributed by atoms with van der Waals surface area (Å²) in [4.78, 5) is 13.2. The highest BCUT2D eigenvalue weighted by Gasteiger charge is 2.43. The van der Waals surface area contributed by atoms with Gasteiger partial charge in [0.05, 0.1) is 12.5 Å². The van der Waals surface area contributed by atoms with Crippen LogP contribution in [0.3, 0.4) is 0 Å². The number of anilines is 1. The van der Waals surface area contributed by atoms with Crippen molar-refractivity contribution in [2.45, 2.75) is 36.0 Å². The van der Waals surface area contributed by atoms with E-state index >= 15 is 0 Å². The highest BCUT2D eigenvalue weighted by Crippen LogP contribution is 2.42. The molecule has 0 radical (unpaired) electrons. The maximum atomic E-state index is 13.8. The summed E-state index contributed by atoms with van der Waals surface area (Å²) in [7, 11) is 0.482. The summed E-state index contributed by atoms with van der Waals surface area (Å²) < 4.78 is 45.3. The van der Waals surface area contributed by atoms with Crippen LogP contribution in [0, 0.1) is 5.82 Å². The van der Waals surface area contributed by atoms with E-state index < -0.39 is 15.4 Å².